The van der Waals surface area contributed by atoms with Crippen molar-refractivity contribution in [3.8, 4) is 0 Å². The van der Waals surface area contributed by atoms with Crippen molar-refractivity contribution in [1.29, 1.82) is 0 Å². The zero-order valence-corrected chi connectivity index (χ0v) is 12.6. The number of nitrogens with one attached hydrogen (secondary N) is 1. The van der Waals surface area contributed by atoms with Crippen LogP contribution in [0.5, 0.6) is 0 Å². The summed E-state index contributed by atoms with van der Waals surface area (Å²) in [5.74, 6) is -0.413. The lowest BCUT2D eigenvalue weighted by molar-refractivity contribution is -0.147. The smallest absolute Gasteiger partial charge is 0.396 e. The van der Waals surface area contributed by atoms with E-state index in [1.165, 1.54) is 0 Å². The van der Waals surface area contributed by atoms with Crippen LogP contribution < -0.4 is 5.32 Å². The van der Waals surface area contributed by atoms with E-state index in [-0.39, 0.29) is 32.5 Å². The minimum Gasteiger partial charge on any atom is -0.396 e. The van der Waals surface area contributed by atoms with Gasteiger partial charge in [-0.15, -0.1) is 0 Å². The summed E-state index contributed by atoms with van der Waals surface area (Å²) < 4.78 is 37.3. The molecule has 0 aliphatic heterocycles. The zero-order chi connectivity index (χ0) is 16.6. The topological polar surface area (TPSA) is 52.6 Å². The summed E-state index contributed by atoms with van der Waals surface area (Å²) in [7, 11) is 0. The van der Waals surface area contributed by atoms with Gasteiger partial charge >= 0.3 is 6.18 Å². The third kappa shape index (κ3) is 7.63. The van der Waals surface area contributed by atoms with Crippen molar-refractivity contribution < 1.29 is 23.1 Å². The number of para-hydroxylation sites is 1. The van der Waals surface area contributed by atoms with Gasteiger partial charge in [0.2, 0.25) is 5.91 Å². The number of rotatable bonds is 8. The second-order valence-corrected chi connectivity index (χ2v) is 5.15. The Morgan fingerprint density at radius 1 is 1.27 bits per heavy atom. The lowest BCUT2D eigenvalue weighted by atomic mass is 10.3. The number of aliphatic hydroxyl groups excluding tert-OH is 1. The molecule has 0 saturated heterocycles. The Bertz CT molecular complexity index is 483. The molecule has 1 amide bonds. The first kappa shape index (κ1) is 18.7. The molecule has 2 N–H and O–H groups in total. The predicted molar refractivity (Wildman–Crippen MR) is 78.9 cm³/mol. The standard InChI is InChI=1S/C14H18ClF3N2O2/c15-11-4-1-2-5-12(11)19-13(22)6-8-20(7-3-9-21)10-14(16,17)18/h1-2,4-5,21H,3,6-10H2,(H,19,22). The Morgan fingerprint density at radius 3 is 2.55 bits per heavy atom. The van der Waals surface area contributed by atoms with E-state index < -0.39 is 18.6 Å². The molecule has 4 nitrogen and oxygen atoms in total. The molecule has 124 valence electrons. The van der Waals surface area contributed by atoms with Crippen LogP contribution in [0.2, 0.25) is 5.02 Å². The van der Waals surface area contributed by atoms with Crippen LogP contribution in [-0.2, 0) is 4.79 Å². The van der Waals surface area contributed by atoms with Crippen LogP contribution in [0.3, 0.4) is 0 Å². The summed E-state index contributed by atoms with van der Waals surface area (Å²) in [4.78, 5) is 12.9. The van der Waals surface area contributed by atoms with Crippen molar-refractivity contribution in [2.45, 2.75) is 19.0 Å². The Labute approximate surface area is 131 Å². The predicted octanol–water partition coefficient (Wildman–Crippen LogP) is 2.92. The van der Waals surface area contributed by atoms with Gasteiger partial charge in [-0.2, -0.15) is 13.2 Å². The fourth-order valence-electron chi connectivity index (χ4n) is 1.85. The average molecular weight is 339 g/mol. The molecule has 1 rings (SSSR count). The van der Waals surface area contributed by atoms with Gasteiger partial charge in [-0.3, -0.25) is 9.69 Å². The molecule has 1 aromatic carbocycles. The summed E-state index contributed by atoms with van der Waals surface area (Å²) in [6, 6.07) is 6.62. The van der Waals surface area contributed by atoms with Crippen molar-refractivity contribution in [3.05, 3.63) is 29.3 Å². The van der Waals surface area contributed by atoms with Gasteiger partial charge in [0, 0.05) is 26.1 Å². The number of alkyl halides is 3. The Hall–Kier alpha value is -1.31. The zero-order valence-electron chi connectivity index (χ0n) is 11.9. The van der Waals surface area contributed by atoms with Crippen molar-refractivity contribution in [2.75, 3.05) is 31.6 Å². The van der Waals surface area contributed by atoms with Gasteiger partial charge in [-0.05, 0) is 18.6 Å². The third-order valence-electron chi connectivity index (χ3n) is 2.84. The molecule has 0 spiro atoms. The van der Waals surface area contributed by atoms with E-state index in [1.807, 2.05) is 0 Å². The SMILES string of the molecule is O=C(CCN(CCCO)CC(F)(F)F)Nc1ccccc1Cl. The van der Waals surface area contributed by atoms with Crippen molar-refractivity contribution in [1.82, 2.24) is 4.90 Å². The molecular formula is C14H18ClF3N2O2. The van der Waals surface area contributed by atoms with Crippen LogP contribution in [0.4, 0.5) is 18.9 Å². The summed E-state index contributed by atoms with van der Waals surface area (Å²) in [5.41, 5.74) is 0.423. The number of halogens is 4. The monoisotopic (exact) mass is 338 g/mol. The highest BCUT2D eigenvalue weighted by Gasteiger charge is 2.30. The maximum absolute atomic E-state index is 12.4. The molecule has 8 heteroatoms. The molecule has 22 heavy (non-hydrogen) atoms. The number of anilines is 1. The first-order valence-electron chi connectivity index (χ1n) is 6.76. The molecule has 0 bridgehead atoms. The fourth-order valence-corrected chi connectivity index (χ4v) is 2.04. The van der Waals surface area contributed by atoms with E-state index in [1.54, 1.807) is 24.3 Å². The molecule has 0 aliphatic carbocycles. The van der Waals surface area contributed by atoms with Crippen LogP contribution in [0.15, 0.2) is 24.3 Å². The van der Waals surface area contributed by atoms with E-state index >= 15 is 0 Å². The van der Waals surface area contributed by atoms with E-state index in [0.717, 1.165) is 4.90 Å². The molecule has 0 radical (unpaired) electrons. The normalized spacial score (nSPS) is 11.7. The number of carbonyl (C=O) groups excluding carboxylic acids is 1. The molecule has 0 unspecified atom stereocenters. The number of hydrogen-bond donors (Lipinski definition) is 2. The average Bonchev–Trinajstić information content (AvgIpc) is 2.43. The van der Waals surface area contributed by atoms with E-state index in [0.29, 0.717) is 10.7 Å². The fraction of sp³-hybridized carbons (Fsp3) is 0.500. The number of nitrogens with zero attached hydrogens (tertiary/aromatic N) is 1. The minimum atomic E-state index is -4.34. The summed E-state index contributed by atoms with van der Waals surface area (Å²) >= 11 is 5.88. The number of hydrogen-bond acceptors (Lipinski definition) is 3. The van der Waals surface area contributed by atoms with Gasteiger partial charge in [0.25, 0.3) is 0 Å². The van der Waals surface area contributed by atoms with Gasteiger partial charge in [-0.25, -0.2) is 0 Å². The molecule has 0 atom stereocenters. The number of amides is 1. The minimum absolute atomic E-state index is 0.0458. The van der Waals surface area contributed by atoms with Crippen LogP contribution in [0.25, 0.3) is 0 Å². The maximum atomic E-state index is 12.4. The second kappa shape index (κ2) is 8.97. The molecule has 0 aliphatic rings. The van der Waals surface area contributed by atoms with Crippen molar-refractivity contribution in [2.24, 2.45) is 0 Å². The second-order valence-electron chi connectivity index (χ2n) is 4.75. The molecule has 0 fully saturated rings. The van der Waals surface area contributed by atoms with Gasteiger partial charge in [0.15, 0.2) is 0 Å². The van der Waals surface area contributed by atoms with Crippen LogP contribution >= 0.6 is 11.6 Å². The van der Waals surface area contributed by atoms with Crippen LogP contribution in [0, 0.1) is 0 Å². The highest BCUT2D eigenvalue weighted by Crippen LogP contribution is 2.21. The number of carbonyl (C=O) groups is 1. The van der Waals surface area contributed by atoms with Crippen LogP contribution in [-0.4, -0.2) is 48.3 Å². The third-order valence-corrected chi connectivity index (χ3v) is 3.17. The summed E-state index contributed by atoms with van der Waals surface area (Å²) in [6.07, 6.45) is -4.20. The summed E-state index contributed by atoms with van der Waals surface area (Å²) in [6.45, 7) is -1.27. The van der Waals surface area contributed by atoms with Gasteiger partial charge < -0.3 is 10.4 Å². The highest BCUT2D eigenvalue weighted by molar-refractivity contribution is 6.33. The maximum Gasteiger partial charge on any atom is 0.401 e. The lowest BCUT2D eigenvalue weighted by Crippen LogP contribution is -2.37. The molecular weight excluding hydrogens is 321 g/mol. The molecule has 0 saturated carbocycles. The first-order chi connectivity index (χ1) is 10.3. The molecule has 0 heterocycles. The lowest BCUT2D eigenvalue weighted by Gasteiger charge is -2.23. The largest absolute Gasteiger partial charge is 0.401 e. The Morgan fingerprint density at radius 2 is 1.95 bits per heavy atom. The van der Waals surface area contributed by atoms with Gasteiger partial charge in [0.05, 0.1) is 17.3 Å². The van der Waals surface area contributed by atoms with Crippen molar-refractivity contribution in [3.63, 3.8) is 0 Å². The summed E-state index contributed by atoms with van der Waals surface area (Å²) in [5, 5.41) is 11.6. The van der Waals surface area contributed by atoms with E-state index in [4.69, 9.17) is 16.7 Å². The Kier molecular flexibility index (Phi) is 7.64. The Balaban J connectivity index is 2.49. The van der Waals surface area contributed by atoms with Crippen molar-refractivity contribution >= 4 is 23.2 Å². The highest BCUT2D eigenvalue weighted by atomic mass is 35.5. The molecule has 0 aromatic heterocycles. The van der Waals surface area contributed by atoms with E-state index in [2.05, 4.69) is 5.32 Å². The van der Waals surface area contributed by atoms with Gasteiger partial charge in [0.1, 0.15) is 0 Å². The van der Waals surface area contributed by atoms with Gasteiger partial charge in [-0.1, -0.05) is 23.7 Å². The first-order valence-corrected chi connectivity index (χ1v) is 7.14. The molecule has 1 aromatic rings. The van der Waals surface area contributed by atoms with E-state index in [9.17, 15) is 18.0 Å². The number of aliphatic hydroxyl groups is 1. The quantitative estimate of drug-likeness (QED) is 0.766. The van der Waals surface area contributed by atoms with Crippen LogP contribution in [0.1, 0.15) is 12.8 Å². The number of benzene rings is 1.